The zero-order valence-corrected chi connectivity index (χ0v) is 14.9. The van der Waals surface area contributed by atoms with Crippen molar-refractivity contribution in [1.82, 2.24) is 5.32 Å². The fraction of sp³-hybridized carbons (Fsp3) is 0.263. The van der Waals surface area contributed by atoms with E-state index in [1.807, 2.05) is 31.2 Å². The fourth-order valence-electron chi connectivity index (χ4n) is 2.53. The first-order valence-corrected chi connectivity index (χ1v) is 8.28. The lowest BCUT2D eigenvalue weighted by molar-refractivity contribution is 0.0600. The van der Waals surface area contributed by atoms with Gasteiger partial charge in [0.1, 0.15) is 0 Å². The first-order valence-electron chi connectivity index (χ1n) is 7.87. The highest BCUT2D eigenvalue weighted by atomic mass is 32.1. The number of anilines is 1. The molecule has 0 bridgehead atoms. The average molecular weight is 342 g/mol. The zero-order chi connectivity index (χ0) is 17.5. The summed E-state index contributed by atoms with van der Waals surface area (Å²) in [6.07, 6.45) is 0.910. The van der Waals surface area contributed by atoms with Crippen molar-refractivity contribution in [3.63, 3.8) is 0 Å². The molecule has 1 atom stereocenters. The molecule has 0 radical (unpaired) electrons. The Bertz CT molecular complexity index is 717. The summed E-state index contributed by atoms with van der Waals surface area (Å²) >= 11 is 5.44. The van der Waals surface area contributed by atoms with Gasteiger partial charge in [-0.05, 0) is 48.8 Å². The molecule has 2 aromatic rings. The molecule has 0 aliphatic heterocycles. The van der Waals surface area contributed by atoms with Gasteiger partial charge < -0.3 is 15.4 Å². The van der Waals surface area contributed by atoms with Gasteiger partial charge in [0.05, 0.1) is 18.7 Å². The van der Waals surface area contributed by atoms with Crippen molar-refractivity contribution in [3.8, 4) is 0 Å². The number of nitrogens with one attached hydrogen (secondary N) is 2. The van der Waals surface area contributed by atoms with Crippen LogP contribution in [0.1, 0.15) is 40.9 Å². The summed E-state index contributed by atoms with van der Waals surface area (Å²) < 4.78 is 4.80. The molecule has 0 fully saturated rings. The van der Waals surface area contributed by atoms with E-state index in [0.29, 0.717) is 10.7 Å². The molecule has 0 heterocycles. The number of carbonyl (C=O) groups excluding carboxylic acids is 1. The predicted octanol–water partition coefficient (Wildman–Crippen LogP) is 4.22. The highest BCUT2D eigenvalue weighted by Gasteiger charge is 2.14. The Morgan fingerprint density at radius 1 is 1.17 bits per heavy atom. The van der Waals surface area contributed by atoms with Crippen molar-refractivity contribution >= 4 is 29.0 Å². The van der Waals surface area contributed by atoms with E-state index < -0.39 is 0 Å². The van der Waals surface area contributed by atoms with Crippen LogP contribution in [-0.4, -0.2) is 18.2 Å². The van der Waals surface area contributed by atoms with Crippen molar-refractivity contribution in [2.75, 3.05) is 12.4 Å². The molecule has 2 rings (SSSR count). The Morgan fingerprint density at radius 2 is 1.88 bits per heavy atom. The van der Waals surface area contributed by atoms with Gasteiger partial charge in [-0.15, -0.1) is 0 Å². The van der Waals surface area contributed by atoms with Crippen molar-refractivity contribution in [1.29, 1.82) is 0 Å². The maximum Gasteiger partial charge on any atom is 0.338 e. The van der Waals surface area contributed by atoms with E-state index in [1.165, 1.54) is 12.7 Å². The molecule has 0 aromatic heterocycles. The second-order valence-corrected chi connectivity index (χ2v) is 5.85. The molecule has 2 aromatic carbocycles. The number of carbonyl (C=O) groups is 1. The molecular weight excluding hydrogens is 320 g/mol. The van der Waals surface area contributed by atoms with Crippen molar-refractivity contribution in [2.24, 2.45) is 0 Å². The average Bonchev–Trinajstić information content (AvgIpc) is 2.61. The molecule has 0 saturated carbocycles. The number of ether oxygens (including phenoxy) is 1. The number of rotatable bonds is 5. The summed E-state index contributed by atoms with van der Waals surface area (Å²) in [5.41, 5.74) is 3.31. The summed E-state index contributed by atoms with van der Waals surface area (Å²) in [5, 5.41) is 7.03. The van der Waals surface area contributed by atoms with Gasteiger partial charge in [-0.25, -0.2) is 4.79 Å². The minimum absolute atomic E-state index is 0.135. The Kier molecular flexibility index (Phi) is 6.32. The predicted molar refractivity (Wildman–Crippen MR) is 101 cm³/mol. The summed E-state index contributed by atoms with van der Waals surface area (Å²) in [4.78, 5) is 11.8. The zero-order valence-electron chi connectivity index (χ0n) is 14.1. The third-order valence-corrected chi connectivity index (χ3v) is 4.12. The summed E-state index contributed by atoms with van der Waals surface area (Å²) in [6.45, 7) is 3.97. The lowest BCUT2D eigenvalue weighted by Gasteiger charge is -2.21. The van der Waals surface area contributed by atoms with Crippen LogP contribution in [0.15, 0.2) is 48.5 Å². The van der Waals surface area contributed by atoms with Gasteiger partial charge in [-0.1, -0.05) is 43.3 Å². The monoisotopic (exact) mass is 342 g/mol. The van der Waals surface area contributed by atoms with Crippen LogP contribution in [-0.2, 0) is 4.74 Å². The second kappa shape index (κ2) is 8.45. The molecule has 0 unspecified atom stereocenters. The third-order valence-electron chi connectivity index (χ3n) is 3.90. The minimum Gasteiger partial charge on any atom is -0.465 e. The van der Waals surface area contributed by atoms with Crippen LogP contribution in [0, 0.1) is 6.92 Å². The van der Waals surface area contributed by atoms with E-state index >= 15 is 0 Å². The summed E-state index contributed by atoms with van der Waals surface area (Å²) in [5.74, 6) is -0.356. The Morgan fingerprint density at radius 3 is 2.50 bits per heavy atom. The number of benzene rings is 2. The minimum atomic E-state index is -0.356. The molecule has 4 nitrogen and oxygen atoms in total. The number of esters is 1. The number of hydrogen-bond donors (Lipinski definition) is 2. The van der Waals surface area contributed by atoms with Crippen molar-refractivity contribution in [2.45, 2.75) is 26.3 Å². The lowest BCUT2D eigenvalue weighted by atomic mass is 10.1. The topological polar surface area (TPSA) is 50.4 Å². The molecule has 24 heavy (non-hydrogen) atoms. The van der Waals surface area contributed by atoms with Gasteiger partial charge in [0, 0.05) is 5.69 Å². The largest absolute Gasteiger partial charge is 0.465 e. The van der Waals surface area contributed by atoms with E-state index in [1.54, 1.807) is 12.1 Å². The van der Waals surface area contributed by atoms with Gasteiger partial charge in [0.2, 0.25) is 0 Å². The smallest absolute Gasteiger partial charge is 0.338 e. The van der Waals surface area contributed by atoms with Crippen molar-refractivity contribution in [3.05, 3.63) is 65.2 Å². The van der Waals surface area contributed by atoms with Crippen molar-refractivity contribution < 1.29 is 9.53 Å². The van der Waals surface area contributed by atoms with Crippen LogP contribution < -0.4 is 10.6 Å². The highest BCUT2D eigenvalue weighted by molar-refractivity contribution is 7.80. The van der Waals surface area contributed by atoms with E-state index in [-0.39, 0.29) is 12.0 Å². The first kappa shape index (κ1) is 17.9. The number of hydrogen-bond acceptors (Lipinski definition) is 3. The second-order valence-electron chi connectivity index (χ2n) is 5.44. The number of thiocarbonyl (C=S) groups is 1. The van der Waals surface area contributed by atoms with Crippen LogP contribution in [0.2, 0.25) is 0 Å². The SMILES string of the molecule is CC[C@@H](NC(=S)Nc1cccc(C(=O)OC)c1C)c1ccccc1. The van der Waals surface area contributed by atoms with Gasteiger partial charge in [-0.3, -0.25) is 0 Å². The summed E-state index contributed by atoms with van der Waals surface area (Å²) in [7, 11) is 1.37. The fourth-order valence-corrected chi connectivity index (χ4v) is 2.78. The quantitative estimate of drug-likeness (QED) is 0.629. The summed E-state index contributed by atoms with van der Waals surface area (Å²) in [6, 6.07) is 15.7. The van der Waals surface area contributed by atoms with E-state index in [0.717, 1.165) is 17.7 Å². The van der Waals surface area contributed by atoms with Crippen LogP contribution >= 0.6 is 12.2 Å². The molecule has 0 aliphatic rings. The van der Waals surface area contributed by atoms with E-state index in [2.05, 4.69) is 29.7 Å². The van der Waals surface area contributed by atoms with Crippen LogP contribution in [0.3, 0.4) is 0 Å². The molecule has 0 spiro atoms. The maximum atomic E-state index is 11.8. The normalized spacial score (nSPS) is 11.5. The van der Waals surface area contributed by atoms with Gasteiger partial charge in [-0.2, -0.15) is 0 Å². The molecule has 2 N–H and O–H groups in total. The standard InChI is InChI=1S/C19H22N2O2S/c1-4-16(14-9-6-5-7-10-14)20-19(24)21-17-12-8-11-15(13(17)2)18(22)23-3/h5-12,16H,4H2,1-3H3,(H2,20,21,24)/t16-/m1/s1. The Balaban J connectivity index is 2.11. The van der Waals surface area contributed by atoms with E-state index in [9.17, 15) is 4.79 Å². The molecule has 126 valence electrons. The Labute approximate surface area is 148 Å². The Hall–Kier alpha value is -2.40. The molecular formula is C19H22N2O2S. The lowest BCUT2D eigenvalue weighted by Crippen LogP contribution is -2.32. The van der Waals surface area contributed by atoms with Gasteiger partial charge in [0.25, 0.3) is 0 Å². The molecule has 0 amide bonds. The third kappa shape index (κ3) is 4.32. The molecule has 5 heteroatoms. The first-order chi connectivity index (χ1) is 11.6. The molecule has 0 aliphatic carbocycles. The van der Waals surface area contributed by atoms with Crippen LogP contribution in [0.25, 0.3) is 0 Å². The van der Waals surface area contributed by atoms with Crippen LogP contribution in [0.4, 0.5) is 5.69 Å². The highest BCUT2D eigenvalue weighted by Crippen LogP contribution is 2.21. The van der Waals surface area contributed by atoms with E-state index in [4.69, 9.17) is 17.0 Å². The maximum absolute atomic E-state index is 11.8. The molecule has 0 saturated heterocycles. The van der Waals surface area contributed by atoms with Gasteiger partial charge in [0.15, 0.2) is 5.11 Å². The van der Waals surface area contributed by atoms with Gasteiger partial charge >= 0.3 is 5.97 Å². The van der Waals surface area contributed by atoms with Crippen LogP contribution in [0.5, 0.6) is 0 Å². The number of methoxy groups -OCH3 is 1.